The van der Waals surface area contributed by atoms with Gasteiger partial charge in [0.25, 0.3) is 0 Å². The Kier molecular flexibility index (Phi) is 1.87. The third kappa shape index (κ3) is 1.37. The van der Waals surface area contributed by atoms with Crippen LogP contribution in [0.4, 0.5) is 5.69 Å². The second-order valence-electron chi connectivity index (χ2n) is 4.24. The Morgan fingerprint density at radius 1 is 1.47 bits per heavy atom. The first-order chi connectivity index (χ1) is 7.24. The van der Waals surface area contributed by atoms with Crippen molar-refractivity contribution < 1.29 is 9.84 Å². The van der Waals surface area contributed by atoms with E-state index in [0.717, 1.165) is 23.4 Å². The minimum atomic E-state index is -0.290. The molecule has 1 aromatic carbocycles. The number of benzene rings is 1. The van der Waals surface area contributed by atoms with E-state index in [1.54, 1.807) is 0 Å². The molecule has 2 aliphatic rings. The zero-order chi connectivity index (χ0) is 10.4. The molecule has 0 bridgehead atoms. The highest BCUT2D eigenvalue weighted by Crippen LogP contribution is 2.42. The molecular formula is C11H14N2O2. The summed E-state index contributed by atoms with van der Waals surface area (Å²) in [5.74, 6) is 1.12. The number of piperidine rings is 1. The van der Waals surface area contributed by atoms with Crippen LogP contribution in [-0.2, 0) is 0 Å². The van der Waals surface area contributed by atoms with Crippen molar-refractivity contribution in [3.05, 3.63) is 23.8 Å². The molecule has 4 heteroatoms. The Hall–Kier alpha value is -1.26. The number of hydrogen-bond acceptors (Lipinski definition) is 4. The van der Waals surface area contributed by atoms with Crippen molar-refractivity contribution in [1.29, 1.82) is 0 Å². The van der Waals surface area contributed by atoms with Gasteiger partial charge >= 0.3 is 0 Å². The molecule has 2 aliphatic heterocycles. The highest BCUT2D eigenvalue weighted by molar-refractivity contribution is 5.51. The van der Waals surface area contributed by atoms with Gasteiger partial charge in [0.05, 0.1) is 6.10 Å². The van der Waals surface area contributed by atoms with Crippen LogP contribution in [0.3, 0.4) is 0 Å². The Labute approximate surface area is 88.0 Å². The van der Waals surface area contributed by atoms with E-state index in [4.69, 9.17) is 10.5 Å². The third-order valence-electron chi connectivity index (χ3n) is 3.13. The van der Waals surface area contributed by atoms with E-state index in [-0.39, 0.29) is 18.2 Å². The van der Waals surface area contributed by atoms with E-state index < -0.39 is 0 Å². The van der Waals surface area contributed by atoms with Gasteiger partial charge < -0.3 is 15.6 Å². The van der Waals surface area contributed by atoms with Crippen molar-refractivity contribution in [1.82, 2.24) is 5.32 Å². The van der Waals surface area contributed by atoms with Crippen LogP contribution >= 0.6 is 0 Å². The van der Waals surface area contributed by atoms with Crippen LogP contribution in [0.2, 0.25) is 0 Å². The molecule has 1 saturated heterocycles. The Bertz CT molecular complexity index is 394. The van der Waals surface area contributed by atoms with Gasteiger partial charge in [-0.1, -0.05) is 0 Å². The van der Waals surface area contributed by atoms with Gasteiger partial charge in [-0.2, -0.15) is 0 Å². The van der Waals surface area contributed by atoms with E-state index in [2.05, 4.69) is 5.32 Å². The number of aliphatic hydroxyl groups excluding tert-OH is 1. The second kappa shape index (κ2) is 3.12. The van der Waals surface area contributed by atoms with Crippen molar-refractivity contribution in [2.45, 2.75) is 24.7 Å². The van der Waals surface area contributed by atoms with E-state index in [0.29, 0.717) is 6.54 Å². The number of hydrogen-bond donors (Lipinski definition) is 3. The molecule has 3 rings (SSSR count). The fraction of sp³-hybridized carbons (Fsp3) is 0.455. The molecule has 0 aromatic heterocycles. The minimum Gasteiger partial charge on any atom is -0.474 e. The van der Waals surface area contributed by atoms with E-state index in [1.807, 2.05) is 18.2 Å². The topological polar surface area (TPSA) is 67.5 Å². The zero-order valence-electron chi connectivity index (χ0n) is 8.31. The summed E-state index contributed by atoms with van der Waals surface area (Å²) in [6, 6.07) is 5.68. The van der Waals surface area contributed by atoms with Gasteiger partial charge in [0.2, 0.25) is 0 Å². The highest BCUT2D eigenvalue weighted by atomic mass is 16.5. The Balaban J connectivity index is 1.98. The molecule has 4 nitrogen and oxygen atoms in total. The summed E-state index contributed by atoms with van der Waals surface area (Å²) < 4.78 is 5.74. The maximum absolute atomic E-state index is 9.60. The lowest BCUT2D eigenvalue weighted by Crippen LogP contribution is -2.46. The predicted molar refractivity (Wildman–Crippen MR) is 56.6 cm³/mol. The lowest BCUT2D eigenvalue weighted by Gasteiger charge is -2.29. The number of anilines is 1. The molecule has 1 fully saturated rings. The van der Waals surface area contributed by atoms with Gasteiger partial charge in [0.15, 0.2) is 6.23 Å². The molecule has 0 aliphatic carbocycles. The summed E-state index contributed by atoms with van der Waals surface area (Å²) in [6.07, 6.45) is 0.459. The smallest absolute Gasteiger partial charge is 0.157 e. The van der Waals surface area contributed by atoms with Crippen LogP contribution in [0.5, 0.6) is 5.75 Å². The summed E-state index contributed by atoms with van der Waals surface area (Å²) in [6.45, 7) is 0.602. The average molecular weight is 206 g/mol. The summed E-state index contributed by atoms with van der Waals surface area (Å²) in [5.41, 5.74) is 7.61. The maximum atomic E-state index is 9.60. The minimum absolute atomic E-state index is 0.00481. The first-order valence-corrected chi connectivity index (χ1v) is 5.21. The predicted octanol–water partition coefficient (Wildman–Crippen LogP) is 0.425. The van der Waals surface area contributed by atoms with Crippen LogP contribution < -0.4 is 15.8 Å². The molecule has 3 atom stereocenters. The summed E-state index contributed by atoms with van der Waals surface area (Å²) >= 11 is 0. The van der Waals surface area contributed by atoms with Crippen molar-refractivity contribution in [3.8, 4) is 5.75 Å². The number of nitrogens with two attached hydrogens (primary N) is 1. The quantitative estimate of drug-likeness (QED) is 0.538. The number of ether oxygens (including phenoxy) is 1. The van der Waals surface area contributed by atoms with Crippen LogP contribution in [0.25, 0.3) is 0 Å². The molecule has 4 N–H and O–H groups in total. The largest absolute Gasteiger partial charge is 0.474 e. The van der Waals surface area contributed by atoms with Gasteiger partial charge in [-0.3, -0.25) is 5.32 Å². The van der Waals surface area contributed by atoms with Gasteiger partial charge in [-0.25, -0.2) is 0 Å². The summed E-state index contributed by atoms with van der Waals surface area (Å²) in [4.78, 5) is 0. The van der Waals surface area contributed by atoms with Crippen LogP contribution in [0.1, 0.15) is 17.9 Å². The third-order valence-corrected chi connectivity index (χ3v) is 3.13. The zero-order valence-corrected chi connectivity index (χ0v) is 8.31. The molecule has 15 heavy (non-hydrogen) atoms. The SMILES string of the molecule is Nc1ccc2c(c1)C1CC(O)CNC1O2. The number of rotatable bonds is 0. The average Bonchev–Trinajstić information content (AvgIpc) is 2.56. The van der Waals surface area contributed by atoms with Gasteiger partial charge in [-0.05, 0) is 24.6 Å². The van der Waals surface area contributed by atoms with Crippen LogP contribution in [-0.4, -0.2) is 24.0 Å². The lowest BCUT2D eigenvalue weighted by atomic mass is 9.90. The number of aliphatic hydroxyl groups is 1. The molecule has 0 saturated carbocycles. The van der Waals surface area contributed by atoms with Gasteiger partial charge in [0.1, 0.15) is 5.75 Å². The standard InChI is InChI=1S/C11H14N2O2/c12-6-1-2-10-8(3-6)9-4-7(14)5-13-11(9)15-10/h1-3,7,9,11,13-14H,4-5,12H2. The van der Waals surface area contributed by atoms with Crippen molar-refractivity contribution in [2.24, 2.45) is 0 Å². The molecular weight excluding hydrogens is 192 g/mol. The van der Waals surface area contributed by atoms with Crippen molar-refractivity contribution in [3.63, 3.8) is 0 Å². The maximum Gasteiger partial charge on any atom is 0.157 e. The van der Waals surface area contributed by atoms with Gasteiger partial charge in [-0.15, -0.1) is 0 Å². The number of fused-ring (bicyclic) bond motifs is 3. The van der Waals surface area contributed by atoms with Crippen LogP contribution in [0, 0.1) is 0 Å². The van der Waals surface area contributed by atoms with E-state index >= 15 is 0 Å². The highest BCUT2D eigenvalue weighted by Gasteiger charge is 2.38. The molecule has 2 heterocycles. The lowest BCUT2D eigenvalue weighted by molar-refractivity contribution is 0.0585. The van der Waals surface area contributed by atoms with E-state index in [1.165, 1.54) is 0 Å². The van der Waals surface area contributed by atoms with Crippen molar-refractivity contribution >= 4 is 5.69 Å². The van der Waals surface area contributed by atoms with Crippen molar-refractivity contribution in [2.75, 3.05) is 12.3 Å². The molecule has 80 valence electrons. The summed E-state index contributed by atoms with van der Waals surface area (Å²) in [7, 11) is 0. The first kappa shape index (κ1) is 9.00. The van der Waals surface area contributed by atoms with E-state index in [9.17, 15) is 5.11 Å². The van der Waals surface area contributed by atoms with Crippen LogP contribution in [0.15, 0.2) is 18.2 Å². The fourth-order valence-electron chi connectivity index (χ4n) is 2.41. The molecule has 1 aromatic rings. The molecule has 0 radical (unpaired) electrons. The fourth-order valence-corrected chi connectivity index (χ4v) is 2.41. The summed E-state index contributed by atoms with van der Waals surface area (Å²) in [5, 5.41) is 12.8. The van der Waals surface area contributed by atoms with Gasteiger partial charge in [0, 0.05) is 23.7 Å². The molecule has 3 unspecified atom stereocenters. The normalized spacial score (nSPS) is 33.0. The first-order valence-electron chi connectivity index (χ1n) is 5.21. The molecule has 0 spiro atoms. The Morgan fingerprint density at radius 3 is 3.20 bits per heavy atom. The number of β-amino-alcohol motifs (C(OH)–C–C–N with tert-alkyl or cyclic N) is 1. The second-order valence-corrected chi connectivity index (χ2v) is 4.24. The Morgan fingerprint density at radius 2 is 2.33 bits per heavy atom. The number of nitrogen functional groups attached to an aromatic ring is 1. The molecule has 0 amide bonds. The number of nitrogens with one attached hydrogen (secondary N) is 1. The monoisotopic (exact) mass is 206 g/mol.